The van der Waals surface area contributed by atoms with Crippen LogP contribution < -0.4 is 0 Å². The van der Waals surface area contributed by atoms with Crippen LogP contribution in [-0.4, -0.2) is 80.6 Å². The first kappa shape index (κ1) is 62.0. The van der Waals surface area contributed by atoms with Gasteiger partial charge in [0.1, 0.15) is 6.61 Å². The lowest BCUT2D eigenvalue weighted by molar-refractivity contribution is -0.887. The van der Waals surface area contributed by atoms with Gasteiger partial charge in [0.15, 0.2) is 12.1 Å². The van der Waals surface area contributed by atoms with Gasteiger partial charge in [0.25, 0.3) is 0 Å². The Morgan fingerprint density at radius 2 is 0.815 bits per heavy atom. The van der Waals surface area contributed by atoms with Crippen molar-refractivity contribution in [2.45, 2.75) is 244 Å². The number of nitrogens with zero attached hydrogens (tertiary/aromatic N) is 1. The van der Waals surface area contributed by atoms with Gasteiger partial charge in [-0.3, -0.25) is 9.59 Å². The smallest absolute Gasteiger partial charge is 0.362 e. The summed E-state index contributed by atoms with van der Waals surface area (Å²) in [6, 6.07) is -0.617. The number of carboxylic acid groups (broad SMARTS) is 1. The molecular weight excluding hydrogens is 811 g/mol. The van der Waals surface area contributed by atoms with Gasteiger partial charge in [-0.25, -0.2) is 4.79 Å². The molecule has 2 atom stereocenters. The predicted octanol–water partition coefficient (Wildman–Crippen LogP) is 15.7. The van der Waals surface area contributed by atoms with Crippen molar-refractivity contribution in [2.75, 3.05) is 41.0 Å². The minimum atomic E-state index is -0.875. The molecule has 0 aromatic carbocycles. The van der Waals surface area contributed by atoms with Crippen LogP contribution >= 0.6 is 0 Å². The van der Waals surface area contributed by atoms with Crippen LogP contribution in [0.2, 0.25) is 0 Å². The molecule has 1 N–H and O–H groups in total. The third-order valence-corrected chi connectivity index (χ3v) is 11.9. The maximum Gasteiger partial charge on any atom is 0.362 e. The fourth-order valence-corrected chi connectivity index (χ4v) is 7.85. The molecule has 0 rings (SSSR count). The van der Waals surface area contributed by atoms with Crippen LogP contribution in [-0.2, 0) is 28.6 Å². The second-order valence-corrected chi connectivity index (χ2v) is 19.1. The van der Waals surface area contributed by atoms with Crippen LogP contribution in [0.1, 0.15) is 232 Å². The SMILES string of the molecule is CC/C=C/C/C=C/C/C=C/CCCCCCCCCCCCC(=O)OCC(COCCC(C(=O)O)[N+](C)(C)C)OC(=O)CCCCCCCCCCCCCCCC/C=C/C/C=C/CC. The van der Waals surface area contributed by atoms with Crippen LogP contribution in [0.3, 0.4) is 0 Å². The number of carboxylic acids is 1. The van der Waals surface area contributed by atoms with E-state index in [4.69, 9.17) is 14.2 Å². The molecule has 65 heavy (non-hydrogen) atoms. The van der Waals surface area contributed by atoms with Gasteiger partial charge in [0.2, 0.25) is 0 Å². The molecule has 0 spiro atoms. The number of esters is 2. The minimum Gasteiger partial charge on any atom is -0.477 e. The van der Waals surface area contributed by atoms with Crippen LogP contribution in [0, 0.1) is 0 Å². The highest BCUT2D eigenvalue weighted by Gasteiger charge is 2.31. The molecule has 8 nitrogen and oxygen atoms in total. The Morgan fingerprint density at radius 3 is 1.20 bits per heavy atom. The zero-order chi connectivity index (χ0) is 47.7. The van der Waals surface area contributed by atoms with Crippen LogP contribution in [0.4, 0.5) is 0 Å². The summed E-state index contributed by atoms with van der Waals surface area (Å²) in [6.07, 6.45) is 59.9. The summed E-state index contributed by atoms with van der Waals surface area (Å²) in [5, 5.41) is 9.67. The Morgan fingerprint density at radius 1 is 0.462 bits per heavy atom. The summed E-state index contributed by atoms with van der Waals surface area (Å²) < 4.78 is 17.4. The number of carbonyl (C=O) groups excluding carboxylic acids is 2. The van der Waals surface area contributed by atoms with Gasteiger partial charge in [0.05, 0.1) is 34.4 Å². The van der Waals surface area contributed by atoms with Gasteiger partial charge in [-0.1, -0.05) is 203 Å². The summed E-state index contributed by atoms with van der Waals surface area (Å²) in [7, 11) is 5.54. The van der Waals surface area contributed by atoms with Crippen molar-refractivity contribution >= 4 is 17.9 Å². The number of aliphatic carboxylic acids is 1. The standard InChI is InChI=1S/C57H101NO7/c1-6-8-10-12-14-16-18-20-22-24-26-28-30-32-34-36-38-40-42-44-46-48-56(60)65-53(51-63-50-49-54(57(61)62)58(3,4)5)52-64-55(59)47-45-43-41-39-37-35-33-31-29-27-25-23-21-19-17-15-13-11-9-7-2/h8-11,14-17,21,23,53-54H,6-7,12-13,18-20,22,24-52H2,1-5H3/p+1/b10-8+,11-9+,16-14+,17-15+,23-21+. The van der Waals surface area contributed by atoms with E-state index in [1.54, 1.807) is 0 Å². The highest BCUT2D eigenvalue weighted by atomic mass is 16.6. The van der Waals surface area contributed by atoms with E-state index in [-0.39, 0.29) is 36.2 Å². The van der Waals surface area contributed by atoms with Gasteiger partial charge in [0, 0.05) is 19.3 Å². The Hall–Kier alpha value is -2.97. The molecule has 0 bridgehead atoms. The van der Waals surface area contributed by atoms with Crippen molar-refractivity contribution in [3.8, 4) is 0 Å². The number of carbonyl (C=O) groups is 3. The predicted molar refractivity (Wildman–Crippen MR) is 275 cm³/mol. The number of hydrogen-bond donors (Lipinski definition) is 1. The number of allylic oxidation sites excluding steroid dienone is 10. The van der Waals surface area contributed by atoms with E-state index >= 15 is 0 Å². The Labute approximate surface area is 400 Å². The Bertz CT molecular complexity index is 1250. The summed E-state index contributed by atoms with van der Waals surface area (Å²) in [4.78, 5) is 37.2. The zero-order valence-electron chi connectivity index (χ0n) is 42.9. The van der Waals surface area contributed by atoms with Crippen molar-refractivity contribution in [1.82, 2.24) is 0 Å². The monoisotopic (exact) mass is 913 g/mol. The second-order valence-electron chi connectivity index (χ2n) is 19.1. The highest BCUT2D eigenvalue weighted by molar-refractivity contribution is 5.72. The molecule has 0 aromatic rings. The fourth-order valence-electron chi connectivity index (χ4n) is 7.85. The first-order valence-corrected chi connectivity index (χ1v) is 26.8. The number of unbranched alkanes of at least 4 members (excludes halogenated alkanes) is 24. The van der Waals surface area contributed by atoms with E-state index in [2.05, 4.69) is 74.6 Å². The molecule has 0 aliphatic heterocycles. The van der Waals surface area contributed by atoms with Gasteiger partial charge in [-0.2, -0.15) is 0 Å². The minimum absolute atomic E-state index is 0.0530. The van der Waals surface area contributed by atoms with Crippen molar-refractivity contribution in [3.05, 3.63) is 60.8 Å². The Kier molecular flexibility index (Phi) is 45.3. The van der Waals surface area contributed by atoms with Gasteiger partial charge < -0.3 is 23.8 Å². The highest BCUT2D eigenvalue weighted by Crippen LogP contribution is 2.16. The van der Waals surface area contributed by atoms with E-state index in [0.717, 1.165) is 70.6 Å². The lowest BCUT2D eigenvalue weighted by Crippen LogP contribution is -2.50. The van der Waals surface area contributed by atoms with Crippen LogP contribution in [0.25, 0.3) is 0 Å². The van der Waals surface area contributed by atoms with E-state index in [1.165, 1.54) is 128 Å². The molecule has 0 saturated carbocycles. The summed E-state index contributed by atoms with van der Waals surface area (Å²) in [5.74, 6) is -1.46. The Balaban J connectivity index is 4.20. The van der Waals surface area contributed by atoms with Crippen molar-refractivity contribution in [3.63, 3.8) is 0 Å². The van der Waals surface area contributed by atoms with Gasteiger partial charge in [-0.05, 0) is 70.6 Å². The molecule has 8 heteroatoms. The van der Waals surface area contributed by atoms with E-state index in [9.17, 15) is 19.5 Å². The zero-order valence-corrected chi connectivity index (χ0v) is 42.9. The third-order valence-electron chi connectivity index (χ3n) is 11.9. The lowest BCUT2D eigenvalue weighted by Gasteiger charge is -2.31. The maximum atomic E-state index is 12.8. The number of rotatable bonds is 48. The number of likely N-dealkylation sites (N-methyl/N-ethyl adjacent to an activating group) is 1. The molecule has 376 valence electrons. The van der Waals surface area contributed by atoms with Crippen molar-refractivity contribution < 1.29 is 38.2 Å². The van der Waals surface area contributed by atoms with E-state index in [1.807, 2.05) is 21.1 Å². The summed E-state index contributed by atoms with van der Waals surface area (Å²) >= 11 is 0. The first-order valence-electron chi connectivity index (χ1n) is 26.8. The lowest BCUT2D eigenvalue weighted by atomic mass is 10.0. The molecule has 0 aliphatic carbocycles. The maximum absolute atomic E-state index is 12.8. The number of hydrogen-bond acceptors (Lipinski definition) is 6. The molecule has 0 aliphatic rings. The fraction of sp³-hybridized carbons (Fsp3) is 0.772. The second kappa shape index (κ2) is 47.5. The van der Waals surface area contributed by atoms with Crippen molar-refractivity contribution in [1.29, 1.82) is 0 Å². The summed E-state index contributed by atoms with van der Waals surface area (Å²) in [6.45, 7) is 4.55. The largest absolute Gasteiger partial charge is 0.477 e. The molecule has 2 unspecified atom stereocenters. The average molecular weight is 913 g/mol. The molecule has 0 heterocycles. The molecule has 0 fully saturated rings. The quantitative estimate of drug-likeness (QED) is 0.0281. The number of ether oxygens (including phenoxy) is 3. The molecule has 0 amide bonds. The average Bonchev–Trinajstić information content (AvgIpc) is 3.27. The van der Waals surface area contributed by atoms with Gasteiger partial charge >= 0.3 is 17.9 Å². The summed E-state index contributed by atoms with van der Waals surface area (Å²) in [5.41, 5.74) is 0. The molecule has 0 radical (unpaired) electrons. The normalized spacial score (nSPS) is 13.3. The number of quaternary nitrogens is 1. The van der Waals surface area contributed by atoms with Crippen LogP contribution in [0.5, 0.6) is 0 Å². The topological polar surface area (TPSA) is 99.1 Å². The first-order chi connectivity index (χ1) is 31.6. The third kappa shape index (κ3) is 46.0. The van der Waals surface area contributed by atoms with Crippen molar-refractivity contribution in [2.24, 2.45) is 0 Å². The van der Waals surface area contributed by atoms with Crippen LogP contribution in [0.15, 0.2) is 60.8 Å². The molecule has 0 saturated heterocycles. The molecular formula is C57H102NO7+. The molecule has 0 aromatic heterocycles. The van der Waals surface area contributed by atoms with Gasteiger partial charge in [-0.15, -0.1) is 0 Å². The van der Waals surface area contributed by atoms with E-state index < -0.39 is 18.1 Å². The van der Waals surface area contributed by atoms with E-state index in [0.29, 0.717) is 19.3 Å².